The normalized spacial score (nSPS) is 23.2. The predicted octanol–water partition coefficient (Wildman–Crippen LogP) is 0.925. The summed E-state index contributed by atoms with van der Waals surface area (Å²) in [6.45, 7) is 3.86. The highest BCUT2D eigenvalue weighted by Crippen LogP contribution is 2.26. The van der Waals surface area contributed by atoms with Crippen LogP contribution in [0.25, 0.3) is 0 Å². The lowest BCUT2D eigenvalue weighted by molar-refractivity contribution is -0.126. The quantitative estimate of drug-likeness (QED) is 0.670. The average Bonchev–Trinajstić information content (AvgIpc) is 2.33. The first-order chi connectivity index (χ1) is 8.97. The van der Waals surface area contributed by atoms with E-state index in [0.717, 1.165) is 19.3 Å². The standard InChI is InChI=1S/C14H27N3O2/c1-10(2)17-14(19)9-16-13(18)7-6-11-4-3-5-12(15)8-11/h10-12H,3-9,15H2,1-2H3,(H,16,18)(H,17,19). The van der Waals surface area contributed by atoms with Gasteiger partial charge in [-0.1, -0.05) is 12.8 Å². The number of nitrogens with one attached hydrogen (secondary N) is 2. The first-order valence-electron chi connectivity index (χ1n) is 7.29. The molecule has 2 atom stereocenters. The van der Waals surface area contributed by atoms with E-state index in [9.17, 15) is 9.59 Å². The zero-order valence-electron chi connectivity index (χ0n) is 12.1. The molecule has 0 saturated heterocycles. The fourth-order valence-corrected chi connectivity index (χ4v) is 2.57. The Morgan fingerprint density at radius 1 is 1.26 bits per heavy atom. The highest BCUT2D eigenvalue weighted by atomic mass is 16.2. The highest BCUT2D eigenvalue weighted by Gasteiger charge is 2.19. The van der Waals surface area contributed by atoms with Gasteiger partial charge >= 0.3 is 0 Å². The molecule has 110 valence electrons. The minimum absolute atomic E-state index is 0.0435. The van der Waals surface area contributed by atoms with Crippen LogP contribution >= 0.6 is 0 Å². The number of hydrogen-bond acceptors (Lipinski definition) is 3. The van der Waals surface area contributed by atoms with Crippen molar-refractivity contribution in [2.24, 2.45) is 11.7 Å². The summed E-state index contributed by atoms with van der Waals surface area (Å²) in [4.78, 5) is 23.0. The molecule has 0 spiro atoms. The van der Waals surface area contributed by atoms with Crippen LogP contribution in [-0.4, -0.2) is 30.4 Å². The maximum atomic E-state index is 11.6. The molecule has 0 aromatic carbocycles. The molecule has 0 aliphatic heterocycles. The fraction of sp³-hybridized carbons (Fsp3) is 0.857. The lowest BCUT2D eigenvalue weighted by Gasteiger charge is -2.26. The molecule has 0 aromatic heterocycles. The zero-order chi connectivity index (χ0) is 14.3. The Hall–Kier alpha value is -1.10. The smallest absolute Gasteiger partial charge is 0.239 e. The van der Waals surface area contributed by atoms with Crippen LogP contribution in [0.15, 0.2) is 0 Å². The fourth-order valence-electron chi connectivity index (χ4n) is 2.57. The summed E-state index contributed by atoms with van der Waals surface area (Å²) in [5.74, 6) is 0.389. The number of carbonyl (C=O) groups excluding carboxylic acids is 2. The van der Waals surface area contributed by atoms with Gasteiger partial charge in [0.25, 0.3) is 0 Å². The van der Waals surface area contributed by atoms with E-state index in [2.05, 4.69) is 10.6 Å². The van der Waals surface area contributed by atoms with Gasteiger partial charge in [0, 0.05) is 18.5 Å². The van der Waals surface area contributed by atoms with Crippen LogP contribution < -0.4 is 16.4 Å². The molecule has 1 fully saturated rings. The van der Waals surface area contributed by atoms with Crippen LogP contribution in [0.5, 0.6) is 0 Å². The molecule has 5 nitrogen and oxygen atoms in total. The lowest BCUT2D eigenvalue weighted by Crippen LogP contribution is -2.39. The molecule has 1 aliphatic carbocycles. The Labute approximate surface area is 115 Å². The number of carbonyl (C=O) groups is 2. The van der Waals surface area contributed by atoms with E-state index in [0.29, 0.717) is 18.4 Å². The first kappa shape index (κ1) is 16.0. The van der Waals surface area contributed by atoms with Crippen molar-refractivity contribution in [3.8, 4) is 0 Å². The van der Waals surface area contributed by atoms with Crippen LogP contribution in [0.1, 0.15) is 52.4 Å². The maximum absolute atomic E-state index is 11.6. The lowest BCUT2D eigenvalue weighted by atomic mass is 9.83. The molecule has 0 aromatic rings. The van der Waals surface area contributed by atoms with E-state index < -0.39 is 0 Å². The number of hydrogen-bond donors (Lipinski definition) is 3. The van der Waals surface area contributed by atoms with Crippen molar-refractivity contribution in [2.45, 2.75) is 64.5 Å². The number of amides is 2. The molecule has 1 saturated carbocycles. The molecule has 0 radical (unpaired) electrons. The van der Waals surface area contributed by atoms with Crippen molar-refractivity contribution in [1.82, 2.24) is 10.6 Å². The zero-order valence-corrected chi connectivity index (χ0v) is 12.1. The number of rotatable bonds is 6. The molecule has 1 rings (SSSR count). The van der Waals surface area contributed by atoms with Gasteiger partial charge in [-0.3, -0.25) is 9.59 Å². The van der Waals surface area contributed by atoms with Crippen molar-refractivity contribution in [2.75, 3.05) is 6.54 Å². The van der Waals surface area contributed by atoms with Crippen LogP contribution in [0.3, 0.4) is 0 Å². The van der Waals surface area contributed by atoms with E-state index in [1.165, 1.54) is 12.8 Å². The van der Waals surface area contributed by atoms with E-state index in [1.54, 1.807) is 0 Å². The van der Waals surface area contributed by atoms with Gasteiger partial charge in [-0.25, -0.2) is 0 Å². The van der Waals surface area contributed by atoms with E-state index in [-0.39, 0.29) is 24.4 Å². The summed E-state index contributed by atoms with van der Waals surface area (Å²) in [5, 5.41) is 5.40. The Kier molecular flexibility index (Phi) is 6.84. The van der Waals surface area contributed by atoms with Gasteiger partial charge < -0.3 is 16.4 Å². The maximum Gasteiger partial charge on any atom is 0.239 e. The largest absolute Gasteiger partial charge is 0.352 e. The Bertz CT molecular complexity index is 305. The molecule has 2 amide bonds. The minimum atomic E-state index is -0.136. The summed E-state index contributed by atoms with van der Waals surface area (Å²) in [7, 11) is 0. The van der Waals surface area contributed by atoms with Gasteiger partial charge in [-0.15, -0.1) is 0 Å². The molecule has 19 heavy (non-hydrogen) atoms. The summed E-state index contributed by atoms with van der Waals surface area (Å²) in [6.07, 6.45) is 5.86. The molecule has 2 unspecified atom stereocenters. The predicted molar refractivity (Wildman–Crippen MR) is 75.5 cm³/mol. The third-order valence-electron chi connectivity index (χ3n) is 3.50. The van der Waals surface area contributed by atoms with Crippen molar-refractivity contribution < 1.29 is 9.59 Å². The van der Waals surface area contributed by atoms with Crippen molar-refractivity contribution in [3.63, 3.8) is 0 Å². The second-order valence-corrected chi connectivity index (χ2v) is 5.83. The van der Waals surface area contributed by atoms with Gasteiger partial charge in [0.1, 0.15) is 0 Å². The van der Waals surface area contributed by atoms with Gasteiger partial charge in [0.2, 0.25) is 11.8 Å². The summed E-state index contributed by atoms with van der Waals surface area (Å²) >= 11 is 0. The van der Waals surface area contributed by atoms with Crippen molar-refractivity contribution in [3.05, 3.63) is 0 Å². The summed E-state index contributed by atoms with van der Waals surface area (Å²) in [6, 6.07) is 0.409. The molecule has 1 aliphatic rings. The second-order valence-electron chi connectivity index (χ2n) is 5.83. The van der Waals surface area contributed by atoms with Crippen LogP contribution in [0.2, 0.25) is 0 Å². The number of nitrogens with two attached hydrogens (primary N) is 1. The third kappa shape index (κ3) is 7.15. The Morgan fingerprint density at radius 2 is 2.00 bits per heavy atom. The summed E-state index contributed by atoms with van der Waals surface area (Å²) in [5.41, 5.74) is 5.92. The second kappa shape index (κ2) is 8.15. The molecular weight excluding hydrogens is 242 g/mol. The monoisotopic (exact) mass is 269 g/mol. The van der Waals surface area contributed by atoms with E-state index >= 15 is 0 Å². The van der Waals surface area contributed by atoms with Crippen molar-refractivity contribution >= 4 is 11.8 Å². The SMILES string of the molecule is CC(C)NC(=O)CNC(=O)CCC1CCCC(N)C1. The van der Waals surface area contributed by atoms with Gasteiger partial charge in [0.15, 0.2) is 0 Å². The van der Waals surface area contributed by atoms with Gasteiger partial charge in [-0.05, 0) is 39.0 Å². The highest BCUT2D eigenvalue weighted by molar-refractivity contribution is 5.84. The Morgan fingerprint density at radius 3 is 2.63 bits per heavy atom. The topological polar surface area (TPSA) is 84.2 Å². The molecule has 0 heterocycles. The van der Waals surface area contributed by atoms with Crippen LogP contribution in [0.4, 0.5) is 0 Å². The van der Waals surface area contributed by atoms with Crippen molar-refractivity contribution in [1.29, 1.82) is 0 Å². The van der Waals surface area contributed by atoms with Gasteiger partial charge in [-0.2, -0.15) is 0 Å². The molecule has 5 heteroatoms. The Balaban J connectivity index is 2.12. The average molecular weight is 269 g/mol. The van der Waals surface area contributed by atoms with Gasteiger partial charge in [0.05, 0.1) is 6.54 Å². The van der Waals surface area contributed by atoms with Crippen LogP contribution in [0, 0.1) is 5.92 Å². The molecule has 4 N–H and O–H groups in total. The minimum Gasteiger partial charge on any atom is -0.352 e. The first-order valence-corrected chi connectivity index (χ1v) is 7.29. The van der Waals surface area contributed by atoms with Crippen LogP contribution in [-0.2, 0) is 9.59 Å². The third-order valence-corrected chi connectivity index (χ3v) is 3.50. The van der Waals surface area contributed by atoms with E-state index in [4.69, 9.17) is 5.73 Å². The molecular formula is C14H27N3O2. The molecule has 0 bridgehead atoms. The van der Waals surface area contributed by atoms with E-state index in [1.807, 2.05) is 13.8 Å². The summed E-state index contributed by atoms with van der Waals surface area (Å²) < 4.78 is 0.